The molecule has 1 saturated heterocycles. The van der Waals surface area contributed by atoms with Gasteiger partial charge in [-0.2, -0.15) is 0 Å². The molecule has 1 heterocycles. The number of carbonyl (C=O) groups excluding carboxylic acids is 1. The summed E-state index contributed by atoms with van der Waals surface area (Å²) in [6.07, 6.45) is 1.22. The van der Waals surface area contributed by atoms with E-state index in [2.05, 4.69) is 17.0 Å². The predicted molar refractivity (Wildman–Crippen MR) is 109 cm³/mol. The van der Waals surface area contributed by atoms with Gasteiger partial charge < -0.3 is 19.9 Å². The molecule has 0 aromatic heterocycles. The van der Waals surface area contributed by atoms with Crippen molar-refractivity contribution in [1.82, 2.24) is 0 Å². The van der Waals surface area contributed by atoms with Crippen molar-refractivity contribution in [2.45, 2.75) is 24.7 Å². The number of hydrogen-bond acceptors (Lipinski definition) is 5. The normalized spacial score (nSPS) is 18.4. The molecule has 1 amide bonds. The van der Waals surface area contributed by atoms with E-state index >= 15 is 0 Å². The summed E-state index contributed by atoms with van der Waals surface area (Å²) in [5.74, 6) is -0.804. The lowest BCUT2D eigenvalue weighted by Crippen LogP contribution is -2.15. The average Bonchev–Trinajstić information content (AvgIpc) is 3.10. The van der Waals surface area contributed by atoms with Crippen LogP contribution in [0.25, 0.3) is 0 Å². The van der Waals surface area contributed by atoms with Crippen LogP contribution < -0.4 is 10.0 Å². The fraction of sp³-hybridized carbons (Fsp3) is 0.316. The Hall–Kier alpha value is -1.80. The van der Waals surface area contributed by atoms with Gasteiger partial charge in [0.2, 0.25) is 0 Å². The first-order chi connectivity index (χ1) is 13.0. The first kappa shape index (κ1) is 21.5. The number of aliphatic hydroxyl groups excluding tert-OH is 1. The van der Waals surface area contributed by atoms with Gasteiger partial charge in [-0.1, -0.05) is 17.7 Å². The van der Waals surface area contributed by atoms with Crippen LogP contribution in [0.5, 0.6) is 0 Å². The topological polar surface area (TPSA) is 70.6 Å². The van der Waals surface area contributed by atoms with E-state index in [4.69, 9.17) is 21.4 Å². The fourth-order valence-electron chi connectivity index (χ4n) is 2.51. The summed E-state index contributed by atoms with van der Waals surface area (Å²) >= 11 is 7.34. The van der Waals surface area contributed by atoms with Crippen LogP contribution in [-0.4, -0.2) is 36.1 Å². The minimum Gasteiger partial charge on any atom is -0.400 e. The fourth-order valence-corrected chi connectivity index (χ4v) is 3.59. The number of nitrogens with one attached hydrogen (secondary N) is 2. The zero-order chi connectivity index (χ0) is 19.8. The van der Waals surface area contributed by atoms with Gasteiger partial charge in [-0.05, 0) is 61.7 Å². The van der Waals surface area contributed by atoms with Gasteiger partial charge in [-0.15, -0.1) is 0 Å². The Bertz CT molecular complexity index is 778. The van der Waals surface area contributed by atoms with Crippen molar-refractivity contribution in [3.63, 3.8) is 0 Å². The molecule has 0 aliphatic carbocycles. The molecule has 2 atom stereocenters. The summed E-state index contributed by atoms with van der Waals surface area (Å²) in [6, 6.07) is 11.3. The van der Waals surface area contributed by atoms with Crippen LogP contribution in [0.1, 0.15) is 23.7 Å². The molecule has 1 fully saturated rings. The van der Waals surface area contributed by atoms with Crippen LogP contribution in [0.2, 0.25) is 5.02 Å². The molecule has 146 valence electrons. The summed E-state index contributed by atoms with van der Waals surface area (Å²) in [4.78, 5) is 12.4. The maximum absolute atomic E-state index is 13.2. The molecule has 2 aromatic rings. The minimum absolute atomic E-state index is 0.0301. The van der Waals surface area contributed by atoms with Gasteiger partial charge in [0.05, 0.1) is 16.4 Å². The monoisotopic (exact) mass is 412 g/mol. The molecule has 0 bridgehead atoms. The summed E-state index contributed by atoms with van der Waals surface area (Å²) in [7, 11) is 1.00. The highest BCUT2D eigenvalue weighted by Gasteiger charge is 2.24. The highest BCUT2D eigenvalue weighted by Crippen LogP contribution is 2.28. The van der Waals surface area contributed by atoms with Crippen molar-refractivity contribution in [2.24, 2.45) is 0 Å². The second-order valence-electron chi connectivity index (χ2n) is 5.79. The molecule has 5 nitrogen and oxygen atoms in total. The molecule has 1 aliphatic rings. The van der Waals surface area contributed by atoms with E-state index < -0.39 is 5.82 Å². The molecule has 8 heteroatoms. The third-order valence-electron chi connectivity index (χ3n) is 3.94. The number of rotatable bonds is 5. The molecule has 27 heavy (non-hydrogen) atoms. The molecule has 1 aliphatic heterocycles. The maximum Gasteiger partial charge on any atom is 0.255 e. The average molecular weight is 413 g/mol. The molecule has 2 aromatic carbocycles. The number of amides is 1. The Labute approximate surface area is 167 Å². The van der Waals surface area contributed by atoms with Crippen LogP contribution in [0, 0.1) is 5.82 Å². The first-order valence-electron chi connectivity index (χ1n) is 8.37. The molecule has 2 unspecified atom stereocenters. The lowest BCUT2D eigenvalue weighted by atomic mass is 10.2. The Morgan fingerprint density at radius 3 is 2.70 bits per heavy atom. The third kappa shape index (κ3) is 6.10. The van der Waals surface area contributed by atoms with Gasteiger partial charge in [0, 0.05) is 30.7 Å². The van der Waals surface area contributed by atoms with Gasteiger partial charge in [-0.25, -0.2) is 4.39 Å². The van der Waals surface area contributed by atoms with Gasteiger partial charge in [0.15, 0.2) is 0 Å². The second-order valence-corrected chi connectivity index (χ2v) is 7.24. The number of carbonyl (C=O) groups is 1. The molecule has 0 spiro atoms. The van der Waals surface area contributed by atoms with E-state index in [-0.39, 0.29) is 17.0 Å². The number of benzene rings is 2. The lowest BCUT2D eigenvalue weighted by Gasteiger charge is -2.15. The van der Waals surface area contributed by atoms with Crippen LogP contribution in [0.15, 0.2) is 42.5 Å². The third-order valence-corrected chi connectivity index (χ3v) is 5.50. The standard InChI is InChI=1S/C18H18ClFN2O2S.CH4O/c1-11-17(7-8-24-11)25-22-14-4-2-3-12(9-14)18(23)21-13-5-6-16(20)15(19)10-13;1-2/h2-6,9-11,17,22H,7-8H2,1H3,(H,21,23);2H,1H3. The van der Waals surface area contributed by atoms with Crippen molar-refractivity contribution in [3.8, 4) is 0 Å². The predicted octanol–water partition coefficient (Wildman–Crippen LogP) is 4.58. The highest BCUT2D eigenvalue weighted by molar-refractivity contribution is 8.01. The zero-order valence-corrected chi connectivity index (χ0v) is 16.6. The molecule has 0 saturated carbocycles. The van der Waals surface area contributed by atoms with E-state index in [0.717, 1.165) is 25.8 Å². The Balaban J connectivity index is 0.00000126. The lowest BCUT2D eigenvalue weighted by molar-refractivity contribution is 0.102. The number of ether oxygens (including phenoxy) is 1. The van der Waals surface area contributed by atoms with Crippen molar-refractivity contribution in [2.75, 3.05) is 23.8 Å². The van der Waals surface area contributed by atoms with E-state index in [1.165, 1.54) is 18.2 Å². The quantitative estimate of drug-likeness (QED) is 0.627. The summed E-state index contributed by atoms with van der Waals surface area (Å²) < 4.78 is 22.0. The second kappa shape index (κ2) is 10.5. The van der Waals surface area contributed by atoms with Crippen LogP contribution >= 0.6 is 23.5 Å². The van der Waals surface area contributed by atoms with E-state index in [1.807, 2.05) is 12.1 Å². The Kier molecular flexibility index (Phi) is 8.37. The van der Waals surface area contributed by atoms with Gasteiger partial charge >= 0.3 is 0 Å². The summed E-state index contributed by atoms with van der Waals surface area (Å²) in [5, 5.41) is 10.1. The maximum atomic E-state index is 13.2. The molecular formula is C19H22ClFN2O3S. The Morgan fingerprint density at radius 2 is 2.04 bits per heavy atom. The van der Waals surface area contributed by atoms with E-state index in [0.29, 0.717) is 16.5 Å². The van der Waals surface area contributed by atoms with Crippen molar-refractivity contribution in [3.05, 3.63) is 58.9 Å². The number of aliphatic hydroxyl groups is 1. The van der Waals surface area contributed by atoms with Crippen molar-refractivity contribution >= 4 is 40.8 Å². The van der Waals surface area contributed by atoms with Crippen LogP contribution in [-0.2, 0) is 4.74 Å². The van der Waals surface area contributed by atoms with Crippen LogP contribution in [0.3, 0.4) is 0 Å². The van der Waals surface area contributed by atoms with Gasteiger partial charge in [-0.3, -0.25) is 4.79 Å². The van der Waals surface area contributed by atoms with Gasteiger partial charge in [0.1, 0.15) is 5.82 Å². The van der Waals surface area contributed by atoms with Crippen molar-refractivity contribution in [1.29, 1.82) is 0 Å². The minimum atomic E-state index is -0.520. The zero-order valence-electron chi connectivity index (χ0n) is 15.0. The SMILES string of the molecule is CC1OCCC1SNc1cccc(C(=O)Nc2ccc(F)c(Cl)c2)c1.CO. The smallest absolute Gasteiger partial charge is 0.255 e. The largest absolute Gasteiger partial charge is 0.400 e. The van der Waals surface area contributed by atoms with E-state index in [9.17, 15) is 9.18 Å². The van der Waals surface area contributed by atoms with E-state index in [1.54, 1.807) is 24.1 Å². The van der Waals surface area contributed by atoms with Gasteiger partial charge in [0.25, 0.3) is 5.91 Å². The molecular weight excluding hydrogens is 391 g/mol. The molecule has 0 radical (unpaired) electrons. The summed E-state index contributed by atoms with van der Waals surface area (Å²) in [6.45, 7) is 2.84. The van der Waals surface area contributed by atoms with Crippen molar-refractivity contribution < 1.29 is 19.0 Å². The Morgan fingerprint density at radius 1 is 1.26 bits per heavy atom. The number of halogens is 2. The molecule has 3 rings (SSSR count). The van der Waals surface area contributed by atoms with Crippen LogP contribution in [0.4, 0.5) is 15.8 Å². The highest BCUT2D eigenvalue weighted by atomic mass is 35.5. The number of anilines is 2. The number of hydrogen-bond donors (Lipinski definition) is 3. The molecule has 3 N–H and O–H groups in total. The first-order valence-corrected chi connectivity index (χ1v) is 9.63. The summed E-state index contributed by atoms with van der Waals surface area (Å²) in [5.41, 5.74) is 1.79.